The van der Waals surface area contributed by atoms with E-state index in [1.807, 2.05) is 0 Å². The summed E-state index contributed by atoms with van der Waals surface area (Å²) in [5.74, 6) is 0. The van der Waals surface area contributed by atoms with Crippen molar-refractivity contribution in [1.29, 1.82) is 0 Å². The third-order valence-electron chi connectivity index (χ3n) is 3.84. The Morgan fingerprint density at radius 2 is 1.45 bits per heavy atom. The van der Waals surface area contributed by atoms with E-state index in [9.17, 15) is 30.6 Å². The molecule has 0 saturated carbocycles. The summed E-state index contributed by atoms with van der Waals surface area (Å²) in [4.78, 5) is 0. The first-order chi connectivity index (χ1) is 10.4. The topological polar surface area (TPSA) is 169 Å². The second-order valence-corrected chi connectivity index (χ2v) is 5.41. The van der Waals surface area contributed by atoms with E-state index in [-0.39, 0.29) is 6.42 Å². The first-order valence-electron chi connectivity index (χ1n) is 6.97. The molecular formula is C12H22O10. The molecule has 9 atom stereocenters. The predicted octanol–water partition coefficient (Wildman–Crippen LogP) is -4.37. The van der Waals surface area contributed by atoms with Crippen molar-refractivity contribution in [2.75, 3.05) is 13.2 Å². The molecule has 22 heavy (non-hydrogen) atoms. The van der Waals surface area contributed by atoms with E-state index in [0.29, 0.717) is 0 Å². The van der Waals surface area contributed by atoms with Crippen LogP contribution in [0.2, 0.25) is 0 Å². The minimum atomic E-state index is -1.63. The van der Waals surface area contributed by atoms with E-state index in [1.165, 1.54) is 0 Å². The molecular weight excluding hydrogens is 304 g/mol. The van der Waals surface area contributed by atoms with Gasteiger partial charge in [0.1, 0.15) is 36.6 Å². The van der Waals surface area contributed by atoms with Crippen LogP contribution in [0.15, 0.2) is 0 Å². The van der Waals surface area contributed by atoms with E-state index in [1.54, 1.807) is 0 Å². The molecule has 2 saturated heterocycles. The molecule has 2 aliphatic rings. The highest BCUT2D eigenvalue weighted by Crippen LogP contribution is 2.28. The number of aliphatic hydroxyl groups is 7. The van der Waals surface area contributed by atoms with Crippen LogP contribution < -0.4 is 0 Å². The summed E-state index contributed by atoms with van der Waals surface area (Å²) in [6, 6.07) is 0. The molecule has 2 rings (SSSR count). The van der Waals surface area contributed by atoms with Crippen LogP contribution in [0.25, 0.3) is 0 Å². The van der Waals surface area contributed by atoms with Gasteiger partial charge in [-0.05, 0) is 0 Å². The van der Waals surface area contributed by atoms with Crippen molar-refractivity contribution in [2.45, 2.75) is 61.7 Å². The van der Waals surface area contributed by atoms with Crippen molar-refractivity contribution in [3.63, 3.8) is 0 Å². The summed E-state index contributed by atoms with van der Waals surface area (Å²) < 4.78 is 15.5. The van der Waals surface area contributed by atoms with Crippen LogP contribution in [-0.2, 0) is 14.2 Å². The molecule has 0 radical (unpaired) electrons. The molecule has 10 nitrogen and oxygen atoms in total. The standard InChI is InChI=1S/C12H22O10/c13-2-5-8(17)9(18)10(19)12(21-5)22-11-4(15)1-7(16)20-6(11)3-14/h4-19H,1-3H2. The molecule has 0 aliphatic carbocycles. The third kappa shape index (κ3) is 3.57. The van der Waals surface area contributed by atoms with Gasteiger partial charge in [0.2, 0.25) is 0 Å². The minimum Gasteiger partial charge on any atom is -0.394 e. The van der Waals surface area contributed by atoms with Gasteiger partial charge in [-0.1, -0.05) is 0 Å². The third-order valence-corrected chi connectivity index (χ3v) is 3.84. The molecule has 0 bridgehead atoms. The fraction of sp³-hybridized carbons (Fsp3) is 1.00. The molecule has 9 unspecified atom stereocenters. The average molecular weight is 326 g/mol. The summed E-state index contributed by atoms with van der Waals surface area (Å²) >= 11 is 0. The molecule has 2 aliphatic heterocycles. The summed E-state index contributed by atoms with van der Waals surface area (Å²) in [6.45, 7) is -1.17. The Morgan fingerprint density at radius 1 is 0.818 bits per heavy atom. The van der Waals surface area contributed by atoms with E-state index < -0.39 is 68.5 Å². The number of ether oxygens (including phenoxy) is 3. The second kappa shape index (κ2) is 7.45. The largest absolute Gasteiger partial charge is 0.394 e. The molecule has 0 aromatic heterocycles. The highest BCUT2D eigenvalue weighted by molar-refractivity contribution is 4.91. The van der Waals surface area contributed by atoms with Crippen molar-refractivity contribution < 1.29 is 50.0 Å². The smallest absolute Gasteiger partial charge is 0.187 e. The van der Waals surface area contributed by atoms with Gasteiger partial charge in [0.05, 0.1) is 19.3 Å². The van der Waals surface area contributed by atoms with E-state index in [2.05, 4.69) is 0 Å². The lowest BCUT2D eigenvalue weighted by Crippen LogP contribution is -2.62. The van der Waals surface area contributed by atoms with Crippen LogP contribution in [0.3, 0.4) is 0 Å². The molecule has 10 heteroatoms. The molecule has 0 spiro atoms. The van der Waals surface area contributed by atoms with Crippen LogP contribution in [0.4, 0.5) is 0 Å². The fourth-order valence-corrected chi connectivity index (χ4v) is 2.58. The Morgan fingerprint density at radius 3 is 2.05 bits per heavy atom. The van der Waals surface area contributed by atoms with Gasteiger partial charge < -0.3 is 50.0 Å². The van der Waals surface area contributed by atoms with Gasteiger partial charge in [-0.3, -0.25) is 0 Å². The van der Waals surface area contributed by atoms with Gasteiger partial charge in [-0.2, -0.15) is 0 Å². The number of rotatable bonds is 4. The maximum absolute atomic E-state index is 9.92. The maximum Gasteiger partial charge on any atom is 0.187 e. The number of hydrogen-bond donors (Lipinski definition) is 7. The summed E-state index contributed by atoms with van der Waals surface area (Å²) in [5.41, 5.74) is 0. The van der Waals surface area contributed by atoms with Gasteiger partial charge in [0.15, 0.2) is 12.6 Å². The van der Waals surface area contributed by atoms with Crippen molar-refractivity contribution >= 4 is 0 Å². The van der Waals surface area contributed by atoms with E-state index in [0.717, 1.165) is 0 Å². The Balaban J connectivity index is 2.07. The molecule has 7 N–H and O–H groups in total. The first-order valence-corrected chi connectivity index (χ1v) is 6.97. The minimum absolute atomic E-state index is 0.168. The van der Waals surface area contributed by atoms with Crippen LogP contribution in [0.5, 0.6) is 0 Å². The Hall–Kier alpha value is -0.400. The molecule has 2 fully saturated rings. The normalized spacial score (nSPS) is 50.0. The number of hydrogen-bond acceptors (Lipinski definition) is 10. The van der Waals surface area contributed by atoms with Crippen molar-refractivity contribution in [2.24, 2.45) is 0 Å². The van der Waals surface area contributed by atoms with Crippen molar-refractivity contribution in [1.82, 2.24) is 0 Å². The van der Waals surface area contributed by atoms with Gasteiger partial charge >= 0.3 is 0 Å². The molecule has 2 heterocycles. The van der Waals surface area contributed by atoms with Crippen LogP contribution in [0.1, 0.15) is 6.42 Å². The van der Waals surface area contributed by atoms with E-state index in [4.69, 9.17) is 19.3 Å². The Labute approximate surface area is 126 Å². The van der Waals surface area contributed by atoms with Gasteiger partial charge in [0, 0.05) is 6.42 Å². The maximum atomic E-state index is 9.92. The molecule has 0 amide bonds. The lowest BCUT2D eigenvalue weighted by Gasteiger charge is -2.44. The number of aliphatic hydroxyl groups excluding tert-OH is 7. The molecule has 0 aromatic rings. The molecule has 0 aromatic carbocycles. The van der Waals surface area contributed by atoms with Crippen LogP contribution in [0, 0.1) is 0 Å². The Bertz CT molecular complexity index is 353. The second-order valence-electron chi connectivity index (χ2n) is 5.41. The van der Waals surface area contributed by atoms with Crippen molar-refractivity contribution in [3.8, 4) is 0 Å². The lowest BCUT2D eigenvalue weighted by molar-refractivity contribution is -0.342. The zero-order chi connectivity index (χ0) is 16.4. The summed E-state index contributed by atoms with van der Waals surface area (Å²) in [6.07, 6.45) is -12.2. The Kier molecular flexibility index (Phi) is 6.07. The summed E-state index contributed by atoms with van der Waals surface area (Å²) in [5, 5.41) is 66.8. The van der Waals surface area contributed by atoms with Gasteiger partial charge in [-0.25, -0.2) is 0 Å². The zero-order valence-electron chi connectivity index (χ0n) is 11.7. The highest BCUT2D eigenvalue weighted by atomic mass is 16.7. The predicted molar refractivity (Wildman–Crippen MR) is 67.2 cm³/mol. The zero-order valence-corrected chi connectivity index (χ0v) is 11.7. The van der Waals surface area contributed by atoms with Gasteiger partial charge in [0.25, 0.3) is 0 Å². The highest BCUT2D eigenvalue weighted by Gasteiger charge is 2.47. The average Bonchev–Trinajstić information content (AvgIpc) is 2.49. The lowest BCUT2D eigenvalue weighted by atomic mass is 9.98. The van der Waals surface area contributed by atoms with Gasteiger partial charge in [-0.15, -0.1) is 0 Å². The quantitative estimate of drug-likeness (QED) is 0.268. The summed E-state index contributed by atoms with van der Waals surface area (Å²) in [7, 11) is 0. The first kappa shape index (κ1) is 17.9. The monoisotopic (exact) mass is 326 g/mol. The van der Waals surface area contributed by atoms with Crippen LogP contribution >= 0.6 is 0 Å². The molecule has 130 valence electrons. The van der Waals surface area contributed by atoms with E-state index >= 15 is 0 Å². The van der Waals surface area contributed by atoms with Crippen LogP contribution in [-0.4, -0.2) is 104 Å². The van der Waals surface area contributed by atoms with Crippen molar-refractivity contribution in [3.05, 3.63) is 0 Å². The SMILES string of the molecule is OCC1OC(OC2C(O)CC(O)OC2CO)C(O)C(O)C1O. The fourth-order valence-electron chi connectivity index (χ4n) is 2.58.